The van der Waals surface area contributed by atoms with E-state index in [0.717, 1.165) is 43.6 Å². The van der Waals surface area contributed by atoms with Crippen LogP contribution < -0.4 is 4.90 Å². The molecular formula is C22H28N2OS. The highest BCUT2D eigenvalue weighted by molar-refractivity contribution is 7.99. The van der Waals surface area contributed by atoms with Gasteiger partial charge in [-0.25, -0.2) is 0 Å². The fourth-order valence-electron chi connectivity index (χ4n) is 4.18. The Morgan fingerprint density at radius 2 is 1.77 bits per heavy atom. The third-order valence-corrected chi connectivity index (χ3v) is 6.73. The van der Waals surface area contributed by atoms with Crippen LogP contribution in [0.15, 0.2) is 52.3 Å². The van der Waals surface area contributed by atoms with E-state index in [4.69, 9.17) is 0 Å². The summed E-state index contributed by atoms with van der Waals surface area (Å²) in [5.41, 5.74) is 2.51. The van der Waals surface area contributed by atoms with Crippen molar-refractivity contribution in [2.24, 2.45) is 0 Å². The van der Waals surface area contributed by atoms with E-state index >= 15 is 0 Å². The molecule has 4 rings (SSSR count). The second kappa shape index (κ2) is 7.26. The third kappa shape index (κ3) is 3.26. The van der Waals surface area contributed by atoms with Gasteiger partial charge in [0.1, 0.15) is 5.60 Å². The molecule has 1 fully saturated rings. The third-order valence-electron chi connectivity index (χ3n) is 5.58. The van der Waals surface area contributed by atoms with Crippen LogP contribution in [-0.4, -0.2) is 43.7 Å². The SMILES string of the molecule is CN(C)CCCC1(O)c2ccccc2Sc2ccc(N3CCCC3)cc21. The van der Waals surface area contributed by atoms with Gasteiger partial charge in [-0.05, 0) is 70.6 Å². The van der Waals surface area contributed by atoms with Crippen LogP contribution in [0.2, 0.25) is 0 Å². The van der Waals surface area contributed by atoms with E-state index in [1.807, 2.05) is 6.07 Å². The van der Waals surface area contributed by atoms with Gasteiger partial charge in [0.2, 0.25) is 0 Å². The van der Waals surface area contributed by atoms with Crippen LogP contribution in [0.3, 0.4) is 0 Å². The largest absolute Gasteiger partial charge is 0.380 e. The Kier molecular flexibility index (Phi) is 5.00. The second-order valence-electron chi connectivity index (χ2n) is 7.74. The normalized spacial score (nSPS) is 21.8. The minimum Gasteiger partial charge on any atom is -0.380 e. The fraction of sp³-hybridized carbons (Fsp3) is 0.455. The van der Waals surface area contributed by atoms with E-state index in [2.05, 4.69) is 60.3 Å². The van der Waals surface area contributed by atoms with Crippen molar-refractivity contribution in [1.29, 1.82) is 0 Å². The molecule has 1 atom stereocenters. The van der Waals surface area contributed by atoms with E-state index in [1.165, 1.54) is 28.3 Å². The molecule has 0 aromatic heterocycles. The Labute approximate surface area is 161 Å². The molecule has 138 valence electrons. The maximum Gasteiger partial charge on any atom is 0.117 e. The van der Waals surface area contributed by atoms with Gasteiger partial charge in [0.15, 0.2) is 0 Å². The van der Waals surface area contributed by atoms with Crippen LogP contribution in [-0.2, 0) is 5.60 Å². The molecule has 26 heavy (non-hydrogen) atoms. The molecule has 3 nitrogen and oxygen atoms in total. The van der Waals surface area contributed by atoms with Crippen molar-refractivity contribution in [3.05, 3.63) is 53.6 Å². The molecule has 0 spiro atoms. The molecule has 2 aliphatic rings. The van der Waals surface area contributed by atoms with Crippen LogP contribution in [0.5, 0.6) is 0 Å². The average molecular weight is 369 g/mol. The second-order valence-corrected chi connectivity index (χ2v) is 8.82. The van der Waals surface area contributed by atoms with Crippen molar-refractivity contribution in [3.8, 4) is 0 Å². The number of hydrogen-bond donors (Lipinski definition) is 1. The smallest absolute Gasteiger partial charge is 0.117 e. The molecule has 2 heterocycles. The van der Waals surface area contributed by atoms with Crippen LogP contribution >= 0.6 is 11.8 Å². The van der Waals surface area contributed by atoms with Crippen LogP contribution in [0.25, 0.3) is 0 Å². The summed E-state index contributed by atoms with van der Waals surface area (Å²) in [6, 6.07) is 15.0. The molecule has 0 saturated carbocycles. The first kappa shape index (κ1) is 17.9. The highest BCUT2D eigenvalue weighted by Crippen LogP contribution is 2.50. The quantitative estimate of drug-likeness (QED) is 0.850. The van der Waals surface area contributed by atoms with Gasteiger partial charge < -0.3 is 14.9 Å². The molecule has 0 amide bonds. The molecule has 2 aliphatic heterocycles. The lowest BCUT2D eigenvalue weighted by atomic mass is 9.81. The predicted molar refractivity (Wildman–Crippen MR) is 109 cm³/mol. The molecule has 1 saturated heterocycles. The van der Waals surface area contributed by atoms with Crippen molar-refractivity contribution in [2.75, 3.05) is 38.6 Å². The van der Waals surface area contributed by atoms with Crippen molar-refractivity contribution in [3.63, 3.8) is 0 Å². The molecule has 0 radical (unpaired) electrons. The number of rotatable bonds is 5. The molecule has 1 N–H and O–H groups in total. The average Bonchev–Trinajstić information content (AvgIpc) is 3.16. The molecule has 2 aromatic rings. The van der Waals surface area contributed by atoms with E-state index in [1.54, 1.807) is 11.8 Å². The Bertz CT molecular complexity index is 785. The van der Waals surface area contributed by atoms with Crippen LogP contribution in [0, 0.1) is 0 Å². The first-order valence-corrected chi connectivity index (χ1v) is 10.4. The van der Waals surface area contributed by atoms with Crippen LogP contribution in [0.4, 0.5) is 5.69 Å². The summed E-state index contributed by atoms with van der Waals surface area (Å²) in [7, 11) is 4.18. The van der Waals surface area contributed by atoms with Crippen LogP contribution in [0.1, 0.15) is 36.8 Å². The topological polar surface area (TPSA) is 26.7 Å². The fourth-order valence-corrected chi connectivity index (χ4v) is 5.39. The number of nitrogens with zero attached hydrogens (tertiary/aromatic N) is 2. The lowest BCUT2D eigenvalue weighted by molar-refractivity contribution is 0.0600. The minimum absolute atomic E-state index is 0.749. The highest BCUT2D eigenvalue weighted by atomic mass is 32.2. The molecular weight excluding hydrogens is 340 g/mol. The standard InChI is InChI=1S/C22H28N2OS/c1-23(2)13-7-12-22(25)18-8-3-4-9-20(18)26-21-11-10-17(16-19(21)22)24-14-5-6-15-24/h3-4,8-11,16,25H,5-7,12-15H2,1-2H3. The monoisotopic (exact) mass is 368 g/mol. The van der Waals surface area contributed by atoms with Gasteiger partial charge in [-0.2, -0.15) is 0 Å². The van der Waals surface area contributed by atoms with Gasteiger partial charge in [0.25, 0.3) is 0 Å². The Hall–Kier alpha value is -1.49. The first-order valence-electron chi connectivity index (χ1n) is 9.62. The molecule has 1 unspecified atom stereocenters. The number of fused-ring (bicyclic) bond motifs is 2. The minimum atomic E-state index is -0.900. The Morgan fingerprint density at radius 3 is 2.54 bits per heavy atom. The maximum absolute atomic E-state index is 11.9. The number of benzene rings is 2. The zero-order valence-electron chi connectivity index (χ0n) is 15.7. The summed E-state index contributed by atoms with van der Waals surface area (Å²) in [5.74, 6) is 0. The summed E-state index contributed by atoms with van der Waals surface area (Å²) in [6.45, 7) is 3.24. The molecule has 2 aromatic carbocycles. The van der Waals surface area contributed by atoms with Gasteiger partial charge in [0.05, 0.1) is 0 Å². The van der Waals surface area contributed by atoms with Crippen molar-refractivity contribution in [2.45, 2.75) is 41.1 Å². The zero-order chi connectivity index (χ0) is 18.1. The maximum atomic E-state index is 11.9. The van der Waals surface area contributed by atoms with E-state index < -0.39 is 5.60 Å². The van der Waals surface area contributed by atoms with Gasteiger partial charge in [-0.3, -0.25) is 0 Å². The molecule has 0 bridgehead atoms. The lowest BCUT2D eigenvalue weighted by Crippen LogP contribution is -2.32. The first-order chi connectivity index (χ1) is 12.6. The predicted octanol–water partition coefficient (Wildman–Crippen LogP) is 4.33. The van der Waals surface area contributed by atoms with Gasteiger partial charge in [-0.15, -0.1) is 0 Å². The summed E-state index contributed by atoms with van der Waals surface area (Å²) in [5, 5.41) is 11.9. The van der Waals surface area contributed by atoms with Crippen molar-refractivity contribution in [1.82, 2.24) is 4.90 Å². The van der Waals surface area contributed by atoms with Gasteiger partial charge in [0, 0.05) is 39.7 Å². The summed E-state index contributed by atoms with van der Waals surface area (Å²) < 4.78 is 0. The molecule has 0 aliphatic carbocycles. The van der Waals surface area contributed by atoms with E-state index in [-0.39, 0.29) is 0 Å². The Balaban J connectivity index is 1.74. The van der Waals surface area contributed by atoms with Gasteiger partial charge >= 0.3 is 0 Å². The lowest BCUT2D eigenvalue weighted by Gasteiger charge is -2.37. The van der Waals surface area contributed by atoms with Crippen molar-refractivity contribution < 1.29 is 5.11 Å². The summed E-state index contributed by atoms with van der Waals surface area (Å²) in [4.78, 5) is 7.01. The van der Waals surface area contributed by atoms with Gasteiger partial charge in [-0.1, -0.05) is 30.0 Å². The molecule has 4 heteroatoms. The Morgan fingerprint density at radius 1 is 1.04 bits per heavy atom. The number of aliphatic hydroxyl groups is 1. The van der Waals surface area contributed by atoms with E-state index in [9.17, 15) is 5.11 Å². The number of anilines is 1. The number of hydrogen-bond acceptors (Lipinski definition) is 4. The summed E-state index contributed by atoms with van der Waals surface area (Å²) >= 11 is 1.79. The van der Waals surface area contributed by atoms with Crippen molar-refractivity contribution >= 4 is 17.4 Å². The highest BCUT2D eigenvalue weighted by Gasteiger charge is 2.39. The zero-order valence-corrected chi connectivity index (χ0v) is 16.6. The summed E-state index contributed by atoms with van der Waals surface area (Å²) in [6.07, 6.45) is 4.25. The van der Waals surface area contributed by atoms with E-state index in [0.29, 0.717) is 0 Å².